The molecule has 1 saturated heterocycles. The summed E-state index contributed by atoms with van der Waals surface area (Å²) < 4.78 is 16.4. The Balaban J connectivity index is 2.03. The molecule has 1 heterocycles. The third kappa shape index (κ3) is 8.01. The highest BCUT2D eigenvalue weighted by molar-refractivity contribution is 9.11. The summed E-state index contributed by atoms with van der Waals surface area (Å²) in [7, 11) is 0. The third-order valence-corrected chi connectivity index (χ3v) is 7.90. The number of carboxylic acids is 1. The fourth-order valence-electron chi connectivity index (χ4n) is 5.49. The molecule has 0 aromatic heterocycles. The van der Waals surface area contributed by atoms with Gasteiger partial charge < -0.3 is 21.5 Å². The van der Waals surface area contributed by atoms with Crippen LogP contribution < -0.4 is 16.4 Å². The zero-order valence-electron chi connectivity index (χ0n) is 22.4. The number of carbonyl (C=O) groups is 2. The van der Waals surface area contributed by atoms with E-state index in [1.54, 1.807) is 12.1 Å². The van der Waals surface area contributed by atoms with Crippen molar-refractivity contribution in [3.63, 3.8) is 0 Å². The van der Waals surface area contributed by atoms with Gasteiger partial charge in [-0.05, 0) is 65.1 Å². The number of hydrogen-bond acceptors (Lipinski definition) is 4. The second-order valence-electron chi connectivity index (χ2n) is 11.4. The van der Waals surface area contributed by atoms with Crippen LogP contribution in [-0.2, 0) is 4.79 Å². The van der Waals surface area contributed by atoms with Crippen LogP contribution in [0, 0.1) is 17.3 Å². The molecule has 1 aromatic carbocycles. The lowest BCUT2D eigenvalue weighted by Gasteiger charge is -2.41. The Labute approximate surface area is 243 Å². The molecule has 1 fully saturated rings. The van der Waals surface area contributed by atoms with Crippen LogP contribution in [0.3, 0.4) is 0 Å². The summed E-state index contributed by atoms with van der Waals surface area (Å²) in [5.41, 5.74) is 6.50. The zero-order valence-corrected chi connectivity index (χ0v) is 24.7. The van der Waals surface area contributed by atoms with Crippen LogP contribution in [-0.4, -0.2) is 34.6 Å². The maximum absolute atomic E-state index is 15.5. The van der Waals surface area contributed by atoms with E-state index in [4.69, 9.17) is 17.3 Å². The first kappa shape index (κ1) is 31.0. The number of nitrogens with one attached hydrogen (secondary N) is 2. The highest BCUT2D eigenvalue weighted by Gasteiger charge is 2.57. The molecule has 1 aromatic rings. The van der Waals surface area contributed by atoms with Gasteiger partial charge in [0.05, 0.1) is 11.6 Å². The van der Waals surface area contributed by atoms with E-state index in [2.05, 4.69) is 53.9 Å². The molecule has 0 radical (unpaired) electrons. The van der Waals surface area contributed by atoms with E-state index < -0.39 is 29.3 Å². The SMILES string of the molecule is C=C/C=C(Cl)\C=C(\F)C[C@@]1(N)[C@H](CC(C)(C)C)N[C@@H](C(=O)Nc2ccc(C(=O)O)cc2)[C@@H]1C1C=CC=C(Br)C1. The lowest BCUT2D eigenvalue weighted by atomic mass is 9.66. The molecule has 5 N–H and O–H groups in total. The molecule has 9 heteroatoms. The van der Waals surface area contributed by atoms with E-state index in [-0.39, 0.29) is 40.3 Å². The molecule has 2 aliphatic rings. The number of halogens is 3. The number of anilines is 1. The van der Waals surface area contributed by atoms with Gasteiger partial charge in [-0.1, -0.05) is 79.2 Å². The molecule has 39 heavy (non-hydrogen) atoms. The van der Waals surface area contributed by atoms with Gasteiger partial charge in [0.25, 0.3) is 0 Å². The minimum atomic E-state index is -1.13. The normalized spacial score (nSPS) is 27.7. The van der Waals surface area contributed by atoms with Crippen molar-refractivity contribution < 1.29 is 19.1 Å². The van der Waals surface area contributed by atoms with E-state index >= 15 is 4.39 Å². The average molecular weight is 621 g/mol. The molecule has 5 atom stereocenters. The van der Waals surface area contributed by atoms with Gasteiger partial charge in [-0.3, -0.25) is 4.79 Å². The van der Waals surface area contributed by atoms with E-state index in [1.165, 1.54) is 30.4 Å². The number of rotatable bonds is 9. The molecule has 3 rings (SSSR count). The molecule has 0 saturated carbocycles. The number of hydrogen-bond donors (Lipinski definition) is 4. The second-order valence-corrected chi connectivity index (χ2v) is 12.8. The summed E-state index contributed by atoms with van der Waals surface area (Å²) in [6.07, 6.45) is 11.2. The quantitative estimate of drug-likeness (QED) is 0.227. The smallest absolute Gasteiger partial charge is 0.335 e. The van der Waals surface area contributed by atoms with Gasteiger partial charge in [0.1, 0.15) is 5.83 Å². The number of carboxylic acid groups (broad SMARTS) is 1. The predicted molar refractivity (Wildman–Crippen MR) is 159 cm³/mol. The number of amides is 1. The van der Waals surface area contributed by atoms with Crippen molar-refractivity contribution in [2.45, 2.75) is 57.7 Å². The van der Waals surface area contributed by atoms with Crippen LogP contribution in [0.1, 0.15) is 50.4 Å². The predicted octanol–water partition coefficient (Wildman–Crippen LogP) is 6.82. The van der Waals surface area contributed by atoms with Crippen LogP contribution in [0.2, 0.25) is 0 Å². The van der Waals surface area contributed by atoms with E-state index in [1.807, 2.05) is 18.2 Å². The minimum absolute atomic E-state index is 0.116. The van der Waals surface area contributed by atoms with Gasteiger partial charge in [-0.25, -0.2) is 9.18 Å². The van der Waals surface area contributed by atoms with Crippen LogP contribution in [0.5, 0.6) is 0 Å². The Morgan fingerprint density at radius 1 is 1.33 bits per heavy atom. The number of benzene rings is 1. The van der Waals surface area contributed by atoms with Crippen molar-refractivity contribution in [2.24, 2.45) is 23.0 Å². The van der Waals surface area contributed by atoms with Crippen molar-refractivity contribution >= 4 is 45.1 Å². The van der Waals surface area contributed by atoms with Crippen LogP contribution in [0.15, 0.2) is 82.6 Å². The summed E-state index contributed by atoms with van der Waals surface area (Å²) in [6, 6.07) is 4.83. The third-order valence-electron chi connectivity index (χ3n) is 7.08. The zero-order chi connectivity index (χ0) is 29.0. The molecule has 0 spiro atoms. The molecule has 1 unspecified atom stereocenters. The Kier molecular flexibility index (Phi) is 10.2. The highest BCUT2D eigenvalue weighted by atomic mass is 79.9. The number of carbonyl (C=O) groups excluding carboxylic acids is 1. The molecule has 1 aliphatic carbocycles. The average Bonchev–Trinajstić information content (AvgIpc) is 3.09. The highest BCUT2D eigenvalue weighted by Crippen LogP contribution is 2.46. The molecular formula is C30H36BrClFN3O3. The van der Waals surface area contributed by atoms with Crippen molar-refractivity contribution in [2.75, 3.05) is 5.32 Å². The molecule has 210 valence electrons. The Hall–Kier alpha value is -2.52. The monoisotopic (exact) mass is 619 g/mol. The molecule has 6 nitrogen and oxygen atoms in total. The second kappa shape index (κ2) is 12.8. The Morgan fingerprint density at radius 3 is 2.56 bits per heavy atom. The van der Waals surface area contributed by atoms with Crippen LogP contribution in [0.25, 0.3) is 0 Å². The topological polar surface area (TPSA) is 104 Å². The Morgan fingerprint density at radius 2 is 2.00 bits per heavy atom. The van der Waals surface area contributed by atoms with Crippen LogP contribution >= 0.6 is 27.5 Å². The van der Waals surface area contributed by atoms with E-state index in [0.29, 0.717) is 18.5 Å². The first-order chi connectivity index (χ1) is 18.2. The summed E-state index contributed by atoms with van der Waals surface area (Å²) >= 11 is 9.73. The number of nitrogens with two attached hydrogens (primary N) is 1. The first-order valence-electron chi connectivity index (χ1n) is 12.8. The summed E-state index contributed by atoms with van der Waals surface area (Å²) in [6.45, 7) is 9.84. The molecular weight excluding hydrogens is 585 g/mol. The van der Waals surface area contributed by atoms with Gasteiger partial charge in [-0.15, -0.1) is 0 Å². The van der Waals surface area contributed by atoms with Gasteiger partial charge in [0.2, 0.25) is 5.91 Å². The molecule has 1 aliphatic heterocycles. The number of aromatic carboxylic acids is 1. The van der Waals surface area contributed by atoms with Gasteiger partial charge in [-0.2, -0.15) is 0 Å². The maximum atomic E-state index is 15.5. The van der Waals surface area contributed by atoms with Gasteiger partial charge in [0, 0.05) is 34.6 Å². The van der Waals surface area contributed by atoms with Crippen molar-refractivity contribution in [1.29, 1.82) is 0 Å². The van der Waals surface area contributed by atoms with E-state index in [0.717, 1.165) is 4.48 Å². The van der Waals surface area contributed by atoms with Crippen LogP contribution in [0.4, 0.5) is 10.1 Å². The summed E-state index contributed by atoms with van der Waals surface area (Å²) in [5.74, 6) is -2.47. The van der Waals surface area contributed by atoms with Crippen molar-refractivity contribution in [3.05, 3.63) is 88.2 Å². The molecule has 0 bridgehead atoms. The standard InChI is InChI=1S/C30H36BrClFN3O3/c1-5-7-21(32)15-22(33)16-30(34)24(17-29(2,3)4)36-26(25(30)19-8-6-9-20(31)14-19)27(37)35-23-12-10-18(11-13-23)28(38)39/h5-13,15,19,24-26,36H,1,14,16-17,34H2,2-4H3,(H,35,37)(H,38,39)/b21-7+,22-15+/t19?,24-,25-,26+,30+/m0/s1. The maximum Gasteiger partial charge on any atom is 0.335 e. The van der Waals surface area contributed by atoms with Crippen molar-refractivity contribution in [1.82, 2.24) is 5.32 Å². The van der Waals surface area contributed by atoms with E-state index in [9.17, 15) is 14.7 Å². The minimum Gasteiger partial charge on any atom is -0.478 e. The largest absolute Gasteiger partial charge is 0.478 e. The van der Waals surface area contributed by atoms with Gasteiger partial charge in [0.15, 0.2) is 0 Å². The van der Waals surface area contributed by atoms with Crippen molar-refractivity contribution in [3.8, 4) is 0 Å². The first-order valence-corrected chi connectivity index (χ1v) is 14.0. The fraction of sp³-hybridized carbons (Fsp3) is 0.400. The number of allylic oxidation sites excluding steroid dienone is 8. The lowest BCUT2D eigenvalue weighted by Crippen LogP contribution is -2.57. The Bertz CT molecular complexity index is 1220. The summed E-state index contributed by atoms with van der Waals surface area (Å²) in [4.78, 5) is 25.0. The van der Waals surface area contributed by atoms with Gasteiger partial charge >= 0.3 is 5.97 Å². The lowest BCUT2D eigenvalue weighted by molar-refractivity contribution is -0.119. The summed E-state index contributed by atoms with van der Waals surface area (Å²) in [5, 5.41) is 15.8. The molecule has 1 amide bonds. The fourth-order valence-corrected chi connectivity index (χ4v) is 6.22.